The van der Waals surface area contributed by atoms with Gasteiger partial charge in [0.05, 0.1) is 18.0 Å². The summed E-state index contributed by atoms with van der Waals surface area (Å²) in [5.41, 5.74) is 4.64. The number of ether oxygens (including phenoxy) is 2. The number of nitrogen functional groups attached to an aromatic ring is 1. The normalized spacial score (nSPS) is 35.7. The maximum atomic E-state index is 15.1. The molecule has 0 aromatic carbocycles. The van der Waals surface area contributed by atoms with Crippen molar-refractivity contribution in [2.24, 2.45) is 0 Å². The lowest BCUT2D eigenvalue weighted by atomic mass is 10.0. The molecule has 0 amide bonds. The number of nitrogens with two attached hydrogens (primary N) is 1. The Bertz CT molecular complexity index is 764. The van der Waals surface area contributed by atoms with Gasteiger partial charge in [-0.1, -0.05) is 0 Å². The topological polar surface area (TPSA) is 95.4 Å². The molecule has 124 valence electrons. The zero-order chi connectivity index (χ0) is 16.4. The molecule has 0 unspecified atom stereocenters. The second-order valence-electron chi connectivity index (χ2n) is 6.70. The van der Waals surface area contributed by atoms with Crippen molar-refractivity contribution < 1.29 is 19.0 Å². The molecule has 1 saturated heterocycles. The van der Waals surface area contributed by atoms with E-state index in [9.17, 15) is 5.11 Å². The van der Waals surface area contributed by atoms with Crippen LogP contribution < -0.4 is 5.73 Å². The molecule has 1 aliphatic heterocycles. The molecular formula is C15H19FN4O3. The molecule has 0 radical (unpaired) electrons. The number of rotatable bonds is 2. The van der Waals surface area contributed by atoms with Crippen LogP contribution in [-0.4, -0.2) is 49.9 Å². The van der Waals surface area contributed by atoms with E-state index >= 15 is 4.39 Å². The fourth-order valence-electron chi connectivity index (χ4n) is 3.72. The molecule has 1 aliphatic carbocycles. The molecule has 8 heteroatoms. The van der Waals surface area contributed by atoms with Gasteiger partial charge in [0.1, 0.15) is 30.0 Å². The van der Waals surface area contributed by atoms with Crippen molar-refractivity contribution >= 4 is 16.9 Å². The zero-order valence-corrected chi connectivity index (χ0v) is 12.9. The highest BCUT2D eigenvalue weighted by Gasteiger charge is 2.62. The Kier molecular flexibility index (Phi) is 2.97. The summed E-state index contributed by atoms with van der Waals surface area (Å²) in [5.74, 6) is -0.516. The van der Waals surface area contributed by atoms with Gasteiger partial charge in [-0.3, -0.25) is 0 Å². The minimum atomic E-state index is -1.85. The molecule has 4 atom stereocenters. The summed E-state index contributed by atoms with van der Waals surface area (Å²) in [6.07, 6.45) is 1.95. The molecule has 7 nitrogen and oxygen atoms in total. The number of hydrogen-bond acceptors (Lipinski definition) is 6. The summed E-state index contributed by atoms with van der Waals surface area (Å²) < 4.78 is 28.6. The highest BCUT2D eigenvalue weighted by Crippen LogP contribution is 2.51. The average molecular weight is 322 g/mol. The highest BCUT2D eigenvalue weighted by atomic mass is 19.1. The minimum Gasteiger partial charge on any atom is -0.393 e. The second-order valence-corrected chi connectivity index (χ2v) is 6.70. The Hall–Kier alpha value is -1.77. The van der Waals surface area contributed by atoms with E-state index in [1.165, 1.54) is 6.33 Å². The van der Waals surface area contributed by atoms with Gasteiger partial charge in [-0.25, -0.2) is 14.4 Å². The summed E-state index contributed by atoms with van der Waals surface area (Å²) in [6.45, 7) is 2.88. The van der Waals surface area contributed by atoms with Crippen LogP contribution in [0.5, 0.6) is 0 Å². The first-order valence-electron chi connectivity index (χ1n) is 7.57. The minimum absolute atomic E-state index is 0.0859. The van der Waals surface area contributed by atoms with E-state index in [2.05, 4.69) is 9.97 Å². The van der Waals surface area contributed by atoms with Crippen LogP contribution in [0, 0.1) is 0 Å². The van der Waals surface area contributed by atoms with E-state index in [0.29, 0.717) is 16.9 Å². The molecule has 4 rings (SSSR count). The van der Waals surface area contributed by atoms with Crippen molar-refractivity contribution in [1.29, 1.82) is 0 Å². The predicted octanol–water partition coefficient (Wildman–Crippen LogP) is 1.18. The molecule has 2 aliphatic rings. The summed E-state index contributed by atoms with van der Waals surface area (Å²) >= 11 is 0. The lowest BCUT2D eigenvalue weighted by Crippen LogP contribution is -2.41. The number of aliphatic hydroxyl groups is 1. The van der Waals surface area contributed by atoms with E-state index in [1.807, 2.05) is 4.57 Å². The van der Waals surface area contributed by atoms with Crippen molar-refractivity contribution in [2.75, 3.05) is 12.3 Å². The molecule has 23 heavy (non-hydrogen) atoms. The van der Waals surface area contributed by atoms with Crippen LogP contribution in [0.15, 0.2) is 18.6 Å². The Balaban J connectivity index is 1.80. The third-order valence-electron chi connectivity index (χ3n) is 4.73. The van der Waals surface area contributed by atoms with Gasteiger partial charge in [0.2, 0.25) is 0 Å². The molecular weight excluding hydrogens is 303 g/mol. The molecule has 1 saturated carbocycles. The fraction of sp³-hybridized carbons (Fsp3) is 0.600. The van der Waals surface area contributed by atoms with Crippen LogP contribution in [-0.2, 0) is 9.47 Å². The fourth-order valence-corrected chi connectivity index (χ4v) is 3.72. The van der Waals surface area contributed by atoms with Crippen LogP contribution in [0.4, 0.5) is 10.2 Å². The van der Waals surface area contributed by atoms with Gasteiger partial charge in [0.25, 0.3) is 0 Å². The van der Waals surface area contributed by atoms with Crippen molar-refractivity contribution in [1.82, 2.24) is 14.5 Å². The van der Waals surface area contributed by atoms with Crippen LogP contribution in [0.3, 0.4) is 0 Å². The molecule has 0 spiro atoms. The van der Waals surface area contributed by atoms with E-state index in [-0.39, 0.29) is 12.5 Å². The third-order valence-corrected chi connectivity index (χ3v) is 4.73. The summed E-state index contributed by atoms with van der Waals surface area (Å²) in [6, 6.07) is 1.46. The smallest absolute Gasteiger partial charge is 0.164 e. The highest BCUT2D eigenvalue weighted by molar-refractivity contribution is 5.86. The van der Waals surface area contributed by atoms with Crippen LogP contribution in [0.1, 0.15) is 26.3 Å². The Morgan fingerprint density at radius 3 is 2.96 bits per heavy atom. The molecule has 2 fully saturated rings. The van der Waals surface area contributed by atoms with Gasteiger partial charge in [0, 0.05) is 12.6 Å². The largest absolute Gasteiger partial charge is 0.393 e. The Morgan fingerprint density at radius 1 is 1.43 bits per heavy atom. The second kappa shape index (κ2) is 4.62. The number of halogens is 1. The van der Waals surface area contributed by atoms with Crippen LogP contribution in [0.25, 0.3) is 11.0 Å². The summed E-state index contributed by atoms with van der Waals surface area (Å²) in [5, 5.41) is 10.3. The lowest BCUT2D eigenvalue weighted by Gasteiger charge is -2.26. The number of fused-ring (bicyclic) bond motifs is 2. The number of hydrogen-bond donors (Lipinski definition) is 2. The van der Waals surface area contributed by atoms with Gasteiger partial charge in [0.15, 0.2) is 11.5 Å². The van der Waals surface area contributed by atoms with Crippen LogP contribution >= 0.6 is 0 Å². The van der Waals surface area contributed by atoms with Gasteiger partial charge in [-0.05, 0) is 19.9 Å². The maximum absolute atomic E-state index is 15.1. The zero-order valence-electron chi connectivity index (χ0n) is 12.9. The number of aliphatic hydroxyl groups excluding tert-OH is 1. The van der Waals surface area contributed by atoms with Crippen molar-refractivity contribution in [2.45, 2.75) is 50.0 Å². The van der Waals surface area contributed by atoms with E-state index < -0.39 is 30.3 Å². The quantitative estimate of drug-likeness (QED) is 0.862. The summed E-state index contributed by atoms with van der Waals surface area (Å²) in [7, 11) is 0. The monoisotopic (exact) mass is 322 g/mol. The molecule has 2 aromatic heterocycles. The number of alkyl halides is 1. The van der Waals surface area contributed by atoms with Crippen molar-refractivity contribution in [3.63, 3.8) is 0 Å². The Labute approximate surface area is 132 Å². The lowest BCUT2D eigenvalue weighted by molar-refractivity contribution is -0.174. The SMILES string of the molecule is CC1(C)O[C@H]2[C@H](n3ccc4c(N)ncnc43)C[C@](F)(CO)[C@H]2O1. The molecule has 2 aromatic rings. The Morgan fingerprint density at radius 2 is 2.22 bits per heavy atom. The molecule has 3 heterocycles. The summed E-state index contributed by atoms with van der Waals surface area (Å²) in [4.78, 5) is 8.23. The van der Waals surface area contributed by atoms with Crippen molar-refractivity contribution in [3.8, 4) is 0 Å². The average Bonchev–Trinajstić information content (AvgIpc) is 3.12. The van der Waals surface area contributed by atoms with E-state index in [4.69, 9.17) is 15.2 Å². The van der Waals surface area contributed by atoms with Crippen LogP contribution in [0.2, 0.25) is 0 Å². The first-order valence-corrected chi connectivity index (χ1v) is 7.57. The number of anilines is 1. The van der Waals surface area contributed by atoms with E-state index in [1.54, 1.807) is 26.1 Å². The first-order chi connectivity index (χ1) is 10.8. The first kappa shape index (κ1) is 14.8. The molecule has 3 N–H and O–H groups in total. The van der Waals surface area contributed by atoms with Gasteiger partial charge < -0.3 is 24.9 Å². The number of aromatic nitrogens is 3. The van der Waals surface area contributed by atoms with Crippen molar-refractivity contribution in [3.05, 3.63) is 18.6 Å². The van der Waals surface area contributed by atoms with E-state index in [0.717, 1.165) is 0 Å². The van der Waals surface area contributed by atoms with Gasteiger partial charge in [-0.2, -0.15) is 0 Å². The standard InChI is InChI=1S/C15H19FN4O3/c1-14(2)22-10-9(5-15(16,6-21)11(10)23-14)20-4-3-8-12(17)18-7-19-13(8)20/h3-4,7,9-11,21H,5-6H2,1-2H3,(H2,17,18,19)/t9-,10+,11+,15+/m1/s1. The molecule has 0 bridgehead atoms. The van der Waals surface area contributed by atoms with Gasteiger partial charge in [-0.15, -0.1) is 0 Å². The predicted molar refractivity (Wildman–Crippen MR) is 80.3 cm³/mol. The maximum Gasteiger partial charge on any atom is 0.164 e. The number of nitrogens with zero attached hydrogens (tertiary/aromatic N) is 3. The van der Waals surface area contributed by atoms with Gasteiger partial charge >= 0.3 is 0 Å². The third kappa shape index (κ3) is 2.05.